The Morgan fingerprint density at radius 1 is 1.29 bits per heavy atom. The minimum atomic E-state index is -1.27. The van der Waals surface area contributed by atoms with Gasteiger partial charge in [0.05, 0.1) is 17.9 Å². The summed E-state index contributed by atoms with van der Waals surface area (Å²) in [6.07, 6.45) is -0.471. The van der Waals surface area contributed by atoms with Crippen LogP contribution in [0.5, 0.6) is 0 Å². The number of thioether (sulfide) groups is 1. The number of aliphatic hydroxyl groups excluding tert-OH is 1. The van der Waals surface area contributed by atoms with E-state index in [-0.39, 0.29) is 42.8 Å². The molecule has 0 aromatic rings. The zero-order valence-electron chi connectivity index (χ0n) is 14.0. The zero-order valence-corrected chi connectivity index (χ0v) is 14.9. The summed E-state index contributed by atoms with van der Waals surface area (Å²) in [5.74, 6) is -0.669. The SMILES string of the molecule is CCC(C)CNC(=O)CSCC(=O)NCCN1C(=O)CC(O)C1=O. The first-order valence-corrected chi connectivity index (χ1v) is 9.14. The Labute approximate surface area is 145 Å². The molecule has 24 heavy (non-hydrogen) atoms. The molecule has 136 valence electrons. The smallest absolute Gasteiger partial charge is 0.258 e. The molecule has 2 unspecified atom stereocenters. The van der Waals surface area contributed by atoms with Gasteiger partial charge in [-0.25, -0.2) is 0 Å². The summed E-state index contributed by atoms with van der Waals surface area (Å²) in [5.41, 5.74) is 0. The first-order valence-electron chi connectivity index (χ1n) is 7.98. The fourth-order valence-corrected chi connectivity index (χ4v) is 2.66. The van der Waals surface area contributed by atoms with Gasteiger partial charge < -0.3 is 15.7 Å². The molecule has 0 bridgehead atoms. The minimum Gasteiger partial charge on any atom is -0.383 e. The predicted octanol–water partition coefficient (Wildman–Crippen LogP) is -0.882. The van der Waals surface area contributed by atoms with Gasteiger partial charge in [0.15, 0.2) is 0 Å². The van der Waals surface area contributed by atoms with Gasteiger partial charge in [-0.3, -0.25) is 24.1 Å². The van der Waals surface area contributed by atoms with E-state index in [2.05, 4.69) is 24.5 Å². The van der Waals surface area contributed by atoms with Gasteiger partial charge >= 0.3 is 0 Å². The molecule has 0 aliphatic carbocycles. The van der Waals surface area contributed by atoms with Crippen LogP contribution in [0.1, 0.15) is 26.7 Å². The second kappa shape index (κ2) is 10.3. The van der Waals surface area contributed by atoms with E-state index in [1.165, 1.54) is 11.8 Å². The Hall–Kier alpha value is -1.61. The van der Waals surface area contributed by atoms with Crippen LogP contribution in [0.2, 0.25) is 0 Å². The van der Waals surface area contributed by atoms with E-state index in [9.17, 15) is 24.3 Å². The average Bonchev–Trinajstić information content (AvgIpc) is 2.78. The van der Waals surface area contributed by atoms with Crippen molar-refractivity contribution in [3.05, 3.63) is 0 Å². The highest BCUT2D eigenvalue weighted by molar-refractivity contribution is 8.00. The van der Waals surface area contributed by atoms with Gasteiger partial charge in [-0.05, 0) is 5.92 Å². The van der Waals surface area contributed by atoms with Crippen molar-refractivity contribution in [3.8, 4) is 0 Å². The number of nitrogens with zero attached hydrogens (tertiary/aromatic N) is 1. The lowest BCUT2D eigenvalue weighted by atomic mass is 10.1. The Bertz CT molecular complexity index is 486. The van der Waals surface area contributed by atoms with E-state index in [4.69, 9.17) is 0 Å². The van der Waals surface area contributed by atoms with Gasteiger partial charge in [0, 0.05) is 19.6 Å². The molecule has 1 fully saturated rings. The van der Waals surface area contributed by atoms with Gasteiger partial charge in [0.2, 0.25) is 17.7 Å². The number of imide groups is 1. The number of likely N-dealkylation sites (tertiary alicyclic amines) is 1. The van der Waals surface area contributed by atoms with Crippen LogP contribution in [0.25, 0.3) is 0 Å². The Morgan fingerprint density at radius 3 is 2.46 bits per heavy atom. The number of rotatable bonds is 10. The van der Waals surface area contributed by atoms with E-state index in [1.807, 2.05) is 0 Å². The van der Waals surface area contributed by atoms with Crippen LogP contribution in [0, 0.1) is 5.92 Å². The highest BCUT2D eigenvalue weighted by Gasteiger charge is 2.36. The van der Waals surface area contributed by atoms with Gasteiger partial charge in [0.25, 0.3) is 5.91 Å². The lowest BCUT2D eigenvalue weighted by Gasteiger charge is -2.14. The number of carbonyl (C=O) groups excluding carboxylic acids is 4. The fraction of sp³-hybridized carbons (Fsp3) is 0.733. The summed E-state index contributed by atoms with van der Waals surface area (Å²) in [6, 6.07) is 0. The summed E-state index contributed by atoms with van der Waals surface area (Å²) in [5, 5.41) is 14.7. The standard InChI is InChI=1S/C15H25N3O5S/c1-3-10(2)7-17-13(21)9-24-8-12(20)16-4-5-18-14(22)6-11(19)15(18)23/h10-11,19H,3-9H2,1-2H3,(H,16,20)(H,17,21). The molecule has 4 amide bonds. The first kappa shape index (κ1) is 20.4. The number of aliphatic hydroxyl groups is 1. The van der Waals surface area contributed by atoms with Crippen LogP contribution < -0.4 is 10.6 Å². The van der Waals surface area contributed by atoms with E-state index < -0.39 is 17.9 Å². The molecule has 1 heterocycles. The van der Waals surface area contributed by atoms with Crippen molar-refractivity contribution < 1.29 is 24.3 Å². The molecule has 9 heteroatoms. The maximum Gasteiger partial charge on any atom is 0.258 e. The molecular formula is C15H25N3O5S. The third kappa shape index (κ3) is 6.88. The largest absolute Gasteiger partial charge is 0.383 e. The highest BCUT2D eigenvalue weighted by atomic mass is 32.2. The minimum absolute atomic E-state index is 0.0422. The van der Waals surface area contributed by atoms with Crippen molar-refractivity contribution in [1.82, 2.24) is 15.5 Å². The van der Waals surface area contributed by atoms with Crippen molar-refractivity contribution in [3.63, 3.8) is 0 Å². The summed E-state index contributed by atoms with van der Waals surface area (Å²) >= 11 is 1.20. The molecule has 2 atom stereocenters. The number of carbonyl (C=O) groups is 4. The summed E-state index contributed by atoms with van der Waals surface area (Å²) in [7, 11) is 0. The number of nitrogens with one attached hydrogen (secondary N) is 2. The fourth-order valence-electron chi connectivity index (χ4n) is 1.98. The Kier molecular flexibility index (Phi) is 8.77. The molecule has 0 saturated carbocycles. The third-order valence-electron chi connectivity index (χ3n) is 3.69. The molecule has 1 aliphatic heterocycles. The lowest BCUT2D eigenvalue weighted by molar-refractivity contribution is -0.141. The molecule has 0 radical (unpaired) electrons. The average molecular weight is 359 g/mol. The highest BCUT2D eigenvalue weighted by Crippen LogP contribution is 2.11. The summed E-state index contributed by atoms with van der Waals surface area (Å²) < 4.78 is 0. The van der Waals surface area contributed by atoms with Gasteiger partial charge in [-0.2, -0.15) is 0 Å². The van der Waals surface area contributed by atoms with Crippen molar-refractivity contribution >= 4 is 35.4 Å². The topological polar surface area (TPSA) is 116 Å². The summed E-state index contributed by atoms with van der Waals surface area (Å²) in [6.45, 7) is 4.91. The molecule has 1 rings (SSSR count). The van der Waals surface area contributed by atoms with E-state index in [1.54, 1.807) is 0 Å². The number of amides is 4. The Morgan fingerprint density at radius 2 is 1.92 bits per heavy atom. The van der Waals surface area contributed by atoms with Gasteiger partial charge in [-0.15, -0.1) is 11.8 Å². The quantitative estimate of drug-likeness (QED) is 0.436. The Balaban J connectivity index is 2.11. The third-order valence-corrected chi connectivity index (χ3v) is 4.62. The van der Waals surface area contributed by atoms with Crippen molar-refractivity contribution in [2.24, 2.45) is 5.92 Å². The van der Waals surface area contributed by atoms with E-state index in [0.29, 0.717) is 12.5 Å². The predicted molar refractivity (Wildman–Crippen MR) is 90.1 cm³/mol. The van der Waals surface area contributed by atoms with Crippen LogP contribution in [-0.2, 0) is 19.2 Å². The van der Waals surface area contributed by atoms with Crippen molar-refractivity contribution in [2.75, 3.05) is 31.1 Å². The maximum atomic E-state index is 11.6. The normalized spacial score (nSPS) is 18.6. The number of hydrogen-bond acceptors (Lipinski definition) is 6. The molecule has 0 spiro atoms. The van der Waals surface area contributed by atoms with E-state index >= 15 is 0 Å². The molecular weight excluding hydrogens is 334 g/mol. The van der Waals surface area contributed by atoms with Crippen LogP contribution in [0.4, 0.5) is 0 Å². The molecule has 1 aliphatic rings. The molecule has 1 saturated heterocycles. The molecule has 3 N–H and O–H groups in total. The van der Waals surface area contributed by atoms with Crippen molar-refractivity contribution in [2.45, 2.75) is 32.8 Å². The van der Waals surface area contributed by atoms with Crippen molar-refractivity contribution in [1.29, 1.82) is 0 Å². The second-order valence-electron chi connectivity index (χ2n) is 5.76. The van der Waals surface area contributed by atoms with Gasteiger partial charge in [0.1, 0.15) is 6.10 Å². The maximum absolute atomic E-state index is 11.6. The molecule has 0 aromatic carbocycles. The van der Waals surface area contributed by atoms with Gasteiger partial charge in [-0.1, -0.05) is 20.3 Å². The zero-order chi connectivity index (χ0) is 18.1. The first-order chi connectivity index (χ1) is 11.3. The lowest BCUT2D eigenvalue weighted by Crippen LogP contribution is -2.39. The molecule has 8 nitrogen and oxygen atoms in total. The molecule has 0 aromatic heterocycles. The number of hydrogen-bond donors (Lipinski definition) is 3. The van der Waals surface area contributed by atoms with Crippen LogP contribution in [-0.4, -0.2) is 70.9 Å². The second-order valence-corrected chi connectivity index (χ2v) is 6.75. The monoisotopic (exact) mass is 359 g/mol. The van der Waals surface area contributed by atoms with E-state index in [0.717, 1.165) is 11.3 Å². The van der Waals surface area contributed by atoms with Crippen LogP contribution in [0.3, 0.4) is 0 Å². The van der Waals surface area contributed by atoms with Crippen LogP contribution in [0.15, 0.2) is 0 Å². The summed E-state index contributed by atoms with van der Waals surface area (Å²) in [4.78, 5) is 47.0. The van der Waals surface area contributed by atoms with Crippen LogP contribution >= 0.6 is 11.8 Å².